The highest BCUT2D eigenvalue weighted by Crippen LogP contribution is 2.55. The van der Waals surface area contributed by atoms with Crippen LogP contribution >= 0.6 is 0 Å². The van der Waals surface area contributed by atoms with Gasteiger partial charge in [-0.25, -0.2) is 0 Å². The van der Waals surface area contributed by atoms with Crippen LogP contribution in [-0.4, -0.2) is 59.9 Å². The van der Waals surface area contributed by atoms with Crippen molar-refractivity contribution in [2.75, 3.05) is 32.7 Å². The van der Waals surface area contributed by atoms with Gasteiger partial charge in [0.25, 0.3) is 0 Å². The largest absolute Gasteiger partial charge is 0.342 e. The molecule has 5 fully saturated rings. The Hall–Kier alpha value is -1.10. The highest BCUT2D eigenvalue weighted by Gasteiger charge is 2.52. The fraction of sp³-hybridized carbons (Fsp3) is 0.889. The summed E-state index contributed by atoms with van der Waals surface area (Å²) in [5.74, 6) is 1.69. The van der Waals surface area contributed by atoms with Gasteiger partial charge in [0, 0.05) is 31.7 Å². The maximum Gasteiger partial charge on any atom is 0.311 e. The minimum Gasteiger partial charge on any atom is -0.342 e. The fourth-order valence-corrected chi connectivity index (χ4v) is 5.97. The van der Waals surface area contributed by atoms with Crippen molar-refractivity contribution in [2.24, 2.45) is 17.8 Å². The van der Waals surface area contributed by atoms with Crippen molar-refractivity contribution in [1.29, 1.82) is 0 Å². The van der Waals surface area contributed by atoms with Gasteiger partial charge >= 0.3 is 11.8 Å². The summed E-state index contributed by atoms with van der Waals surface area (Å²) in [5.41, 5.74) is -0.0628. The van der Waals surface area contributed by atoms with Crippen molar-refractivity contribution in [1.82, 2.24) is 15.1 Å². The third-order valence-electron chi connectivity index (χ3n) is 6.72. The van der Waals surface area contributed by atoms with Crippen molar-refractivity contribution in [3.8, 4) is 0 Å². The zero-order valence-electron chi connectivity index (χ0n) is 14.2. The van der Waals surface area contributed by atoms with Gasteiger partial charge in [0.1, 0.15) is 0 Å². The standard InChI is InChI=1S/C18H29N3O2/c1-2-20-3-5-21(6-4-20)17(23)16(22)19-18-10-13-7-14(11-18)9-15(8-13)12-18/h13-15H,2-12H2,1H3,(H,19,22). The first kappa shape index (κ1) is 15.4. The molecule has 1 aliphatic heterocycles. The number of hydrogen-bond acceptors (Lipinski definition) is 3. The molecule has 2 amide bonds. The van der Waals surface area contributed by atoms with E-state index in [1.54, 1.807) is 4.90 Å². The molecule has 5 aliphatic rings. The Morgan fingerprint density at radius 2 is 1.48 bits per heavy atom. The normalized spacial score (nSPS) is 39.5. The fourth-order valence-electron chi connectivity index (χ4n) is 5.97. The van der Waals surface area contributed by atoms with Crippen molar-refractivity contribution in [3.05, 3.63) is 0 Å². The third-order valence-corrected chi connectivity index (χ3v) is 6.72. The number of likely N-dealkylation sites (N-methyl/N-ethyl adjacent to an activating group) is 1. The summed E-state index contributed by atoms with van der Waals surface area (Å²) < 4.78 is 0. The Labute approximate surface area is 138 Å². The Morgan fingerprint density at radius 3 is 1.96 bits per heavy atom. The van der Waals surface area contributed by atoms with Crippen LogP contribution in [-0.2, 0) is 9.59 Å². The number of rotatable bonds is 2. The summed E-state index contributed by atoms with van der Waals surface area (Å²) in [6.07, 6.45) is 7.34. The lowest BCUT2D eigenvalue weighted by atomic mass is 9.53. The van der Waals surface area contributed by atoms with Gasteiger partial charge in [0.05, 0.1) is 0 Å². The quantitative estimate of drug-likeness (QED) is 0.779. The maximum atomic E-state index is 12.6. The first-order valence-corrected chi connectivity index (χ1v) is 9.40. The zero-order valence-corrected chi connectivity index (χ0v) is 14.2. The molecule has 0 aromatic rings. The predicted molar refractivity (Wildman–Crippen MR) is 87.7 cm³/mol. The molecule has 4 saturated carbocycles. The Bertz CT molecular complexity index is 461. The second kappa shape index (κ2) is 5.76. The third kappa shape index (κ3) is 2.88. The van der Waals surface area contributed by atoms with Crippen molar-refractivity contribution in [3.63, 3.8) is 0 Å². The minimum atomic E-state index is -0.350. The number of hydrogen-bond donors (Lipinski definition) is 1. The molecule has 5 heteroatoms. The van der Waals surface area contributed by atoms with E-state index in [1.165, 1.54) is 19.3 Å². The molecule has 0 aromatic heterocycles. The number of amides is 2. The average Bonchev–Trinajstić information content (AvgIpc) is 2.52. The van der Waals surface area contributed by atoms with E-state index in [0.29, 0.717) is 13.1 Å². The highest BCUT2D eigenvalue weighted by molar-refractivity contribution is 6.35. The van der Waals surface area contributed by atoms with Crippen molar-refractivity contribution < 1.29 is 9.59 Å². The number of carbonyl (C=O) groups is 2. The molecule has 1 saturated heterocycles. The Kier molecular flexibility index (Phi) is 3.87. The molecule has 23 heavy (non-hydrogen) atoms. The van der Waals surface area contributed by atoms with Crippen LogP contribution in [0, 0.1) is 17.8 Å². The second-order valence-corrected chi connectivity index (χ2v) is 8.38. The van der Waals surface area contributed by atoms with E-state index in [-0.39, 0.29) is 17.4 Å². The molecule has 1 N–H and O–H groups in total. The van der Waals surface area contributed by atoms with E-state index in [2.05, 4.69) is 17.1 Å². The molecule has 0 spiro atoms. The Balaban J connectivity index is 1.37. The highest BCUT2D eigenvalue weighted by atomic mass is 16.2. The number of nitrogens with zero attached hydrogens (tertiary/aromatic N) is 2. The van der Waals surface area contributed by atoms with Gasteiger partial charge in [-0.1, -0.05) is 6.92 Å². The first-order valence-electron chi connectivity index (χ1n) is 9.40. The molecule has 0 aromatic carbocycles. The van der Waals surface area contributed by atoms with Crippen LogP contribution in [0.2, 0.25) is 0 Å². The predicted octanol–water partition coefficient (Wildman–Crippen LogP) is 1.24. The average molecular weight is 319 g/mol. The van der Waals surface area contributed by atoms with E-state index >= 15 is 0 Å². The molecule has 5 nitrogen and oxygen atoms in total. The summed E-state index contributed by atoms with van der Waals surface area (Å²) in [7, 11) is 0. The molecular weight excluding hydrogens is 290 g/mol. The van der Waals surface area contributed by atoms with Crippen LogP contribution in [0.3, 0.4) is 0 Å². The van der Waals surface area contributed by atoms with Gasteiger partial charge in [-0.15, -0.1) is 0 Å². The van der Waals surface area contributed by atoms with Gasteiger partial charge in [-0.3, -0.25) is 9.59 Å². The molecule has 0 unspecified atom stereocenters. The van der Waals surface area contributed by atoms with Crippen molar-refractivity contribution >= 4 is 11.8 Å². The van der Waals surface area contributed by atoms with Crippen LogP contribution in [0.15, 0.2) is 0 Å². The van der Waals surface area contributed by atoms with E-state index in [4.69, 9.17) is 0 Å². The molecule has 4 aliphatic carbocycles. The smallest absolute Gasteiger partial charge is 0.311 e. The van der Waals surface area contributed by atoms with Gasteiger partial charge in [-0.2, -0.15) is 0 Å². The molecule has 0 atom stereocenters. The summed E-state index contributed by atoms with van der Waals surface area (Å²) in [6, 6.07) is 0. The van der Waals surface area contributed by atoms with Crippen LogP contribution < -0.4 is 5.32 Å². The monoisotopic (exact) mass is 319 g/mol. The van der Waals surface area contributed by atoms with Gasteiger partial charge in [-0.05, 0) is 62.8 Å². The lowest BCUT2D eigenvalue weighted by Gasteiger charge is -2.56. The lowest BCUT2D eigenvalue weighted by molar-refractivity contribution is -0.149. The Morgan fingerprint density at radius 1 is 0.957 bits per heavy atom. The summed E-state index contributed by atoms with van der Waals surface area (Å²) in [4.78, 5) is 29.1. The van der Waals surface area contributed by atoms with E-state index < -0.39 is 0 Å². The van der Waals surface area contributed by atoms with Crippen molar-refractivity contribution in [2.45, 2.75) is 51.0 Å². The molecule has 1 heterocycles. The van der Waals surface area contributed by atoms with Gasteiger partial charge in [0.2, 0.25) is 0 Å². The summed E-state index contributed by atoms with van der Waals surface area (Å²) in [5, 5.41) is 3.20. The molecule has 4 bridgehead atoms. The molecular formula is C18H29N3O2. The van der Waals surface area contributed by atoms with Crippen LogP contribution in [0.5, 0.6) is 0 Å². The van der Waals surface area contributed by atoms with Crippen LogP contribution in [0.4, 0.5) is 0 Å². The first-order chi connectivity index (χ1) is 11.1. The number of carbonyl (C=O) groups excluding carboxylic acids is 2. The summed E-state index contributed by atoms with van der Waals surface area (Å²) in [6.45, 7) is 6.28. The zero-order chi connectivity index (χ0) is 16.0. The SMILES string of the molecule is CCN1CCN(C(=O)C(=O)NC23CC4CC(CC(C4)C2)C3)CC1. The van der Waals surface area contributed by atoms with E-state index in [0.717, 1.165) is 56.7 Å². The van der Waals surface area contributed by atoms with Crippen LogP contribution in [0.25, 0.3) is 0 Å². The lowest BCUT2D eigenvalue weighted by Crippen LogP contribution is -2.62. The number of nitrogens with one attached hydrogen (secondary N) is 1. The minimum absolute atomic E-state index is 0.0628. The van der Waals surface area contributed by atoms with E-state index in [1.807, 2.05) is 0 Å². The maximum absolute atomic E-state index is 12.6. The van der Waals surface area contributed by atoms with Gasteiger partial charge in [0.15, 0.2) is 0 Å². The molecule has 0 radical (unpaired) electrons. The number of piperazine rings is 1. The molecule has 128 valence electrons. The topological polar surface area (TPSA) is 52.7 Å². The van der Waals surface area contributed by atoms with Gasteiger partial charge < -0.3 is 15.1 Å². The molecule has 5 rings (SSSR count). The second-order valence-electron chi connectivity index (χ2n) is 8.38. The van der Waals surface area contributed by atoms with Crippen LogP contribution in [0.1, 0.15) is 45.4 Å². The van der Waals surface area contributed by atoms with E-state index in [9.17, 15) is 9.59 Å². The summed E-state index contributed by atoms with van der Waals surface area (Å²) >= 11 is 0.